The fourth-order valence-electron chi connectivity index (χ4n) is 2.59. The van der Waals surface area contributed by atoms with Crippen LogP contribution < -0.4 is 0 Å². The molecule has 1 N–H and O–H groups in total. The van der Waals surface area contributed by atoms with Gasteiger partial charge in [0.25, 0.3) is 0 Å². The zero-order valence-corrected chi connectivity index (χ0v) is 9.57. The molecule has 0 radical (unpaired) electrons. The highest BCUT2D eigenvalue weighted by Gasteiger charge is 2.45. The first kappa shape index (κ1) is 10.9. The Morgan fingerprint density at radius 3 is 2.67 bits per heavy atom. The van der Waals surface area contributed by atoms with Crippen LogP contribution in [0.5, 0.6) is 0 Å². The fourth-order valence-corrected chi connectivity index (χ4v) is 2.59. The Bertz CT molecular complexity index is 257. The van der Waals surface area contributed by atoms with Gasteiger partial charge in [-0.3, -0.25) is 0 Å². The molecular formula is C11H20N2O2. The molecule has 2 heterocycles. The lowest BCUT2D eigenvalue weighted by Crippen LogP contribution is -2.42. The third kappa shape index (κ3) is 2.01. The molecule has 0 aromatic heterocycles. The monoisotopic (exact) mass is 212 g/mol. The third-order valence-electron chi connectivity index (χ3n) is 3.66. The molecule has 2 rings (SSSR count). The third-order valence-corrected chi connectivity index (χ3v) is 3.66. The first-order valence-electron chi connectivity index (χ1n) is 5.76. The van der Waals surface area contributed by atoms with Crippen LogP contribution in [0.25, 0.3) is 0 Å². The lowest BCUT2D eigenvalue weighted by Gasteiger charge is -2.37. The van der Waals surface area contributed by atoms with E-state index in [-0.39, 0.29) is 11.7 Å². The highest BCUT2D eigenvalue weighted by Crippen LogP contribution is 2.38. The van der Waals surface area contributed by atoms with E-state index in [1.54, 1.807) is 0 Å². The van der Waals surface area contributed by atoms with E-state index in [1.807, 2.05) is 0 Å². The number of ether oxygens (including phenoxy) is 1. The van der Waals surface area contributed by atoms with Gasteiger partial charge in [0.05, 0.1) is 17.4 Å². The molecule has 1 spiro atoms. The molecule has 0 amide bonds. The first-order chi connectivity index (χ1) is 7.19. The van der Waals surface area contributed by atoms with Gasteiger partial charge in [0.2, 0.25) is 0 Å². The molecule has 86 valence electrons. The van der Waals surface area contributed by atoms with Crippen molar-refractivity contribution >= 4 is 5.71 Å². The molecule has 2 saturated heterocycles. The quantitative estimate of drug-likeness (QED) is 0.529. The van der Waals surface area contributed by atoms with Crippen LogP contribution in [0.2, 0.25) is 0 Å². The van der Waals surface area contributed by atoms with Gasteiger partial charge in [0.15, 0.2) is 0 Å². The Kier molecular flexibility index (Phi) is 2.98. The summed E-state index contributed by atoms with van der Waals surface area (Å²) in [5.74, 6) is 0. The summed E-state index contributed by atoms with van der Waals surface area (Å²) in [4.78, 5) is 2.32. The van der Waals surface area contributed by atoms with Crippen molar-refractivity contribution in [1.29, 1.82) is 0 Å². The molecule has 4 nitrogen and oxygen atoms in total. The Balaban J connectivity index is 2.06. The van der Waals surface area contributed by atoms with E-state index in [4.69, 9.17) is 9.94 Å². The molecule has 2 aliphatic heterocycles. The molecule has 15 heavy (non-hydrogen) atoms. The average molecular weight is 212 g/mol. The fraction of sp³-hybridized carbons (Fsp3) is 0.909. The van der Waals surface area contributed by atoms with Crippen LogP contribution in [0.3, 0.4) is 0 Å². The zero-order valence-electron chi connectivity index (χ0n) is 9.57. The summed E-state index contributed by atoms with van der Waals surface area (Å²) in [5.41, 5.74) is 0.802. The van der Waals surface area contributed by atoms with Crippen molar-refractivity contribution in [3.63, 3.8) is 0 Å². The van der Waals surface area contributed by atoms with Gasteiger partial charge in [-0.15, -0.1) is 0 Å². The van der Waals surface area contributed by atoms with Gasteiger partial charge in [-0.25, -0.2) is 0 Å². The van der Waals surface area contributed by atoms with E-state index in [0.717, 1.165) is 44.5 Å². The second kappa shape index (κ2) is 4.10. The lowest BCUT2D eigenvalue weighted by atomic mass is 9.88. The highest BCUT2D eigenvalue weighted by atomic mass is 16.5. The molecule has 0 aromatic carbocycles. The van der Waals surface area contributed by atoms with Crippen molar-refractivity contribution in [3.8, 4) is 0 Å². The summed E-state index contributed by atoms with van der Waals surface area (Å²) in [6, 6.07) is 0. The minimum absolute atomic E-state index is 0.0330. The number of likely N-dealkylation sites (tertiary alicyclic amines) is 1. The topological polar surface area (TPSA) is 45.1 Å². The molecule has 0 aromatic rings. The Labute approximate surface area is 90.9 Å². The van der Waals surface area contributed by atoms with Crippen molar-refractivity contribution in [2.24, 2.45) is 5.16 Å². The molecule has 2 aliphatic rings. The minimum Gasteiger partial charge on any atom is -0.411 e. The van der Waals surface area contributed by atoms with Gasteiger partial charge < -0.3 is 14.8 Å². The molecule has 1 unspecified atom stereocenters. The molecule has 1 atom stereocenters. The summed E-state index contributed by atoms with van der Waals surface area (Å²) in [6.45, 7) is 4.23. The van der Waals surface area contributed by atoms with Crippen LogP contribution in [0, 0.1) is 0 Å². The maximum Gasteiger partial charge on any atom is 0.0995 e. The van der Waals surface area contributed by atoms with Crippen LogP contribution in [-0.4, -0.2) is 47.7 Å². The molecule has 0 bridgehead atoms. The van der Waals surface area contributed by atoms with Crippen LogP contribution in [0.15, 0.2) is 5.16 Å². The number of piperidine rings is 1. The van der Waals surface area contributed by atoms with E-state index in [1.165, 1.54) is 0 Å². The first-order valence-corrected chi connectivity index (χ1v) is 5.76. The lowest BCUT2D eigenvalue weighted by molar-refractivity contribution is -0.0714. The SMILES string of the molecule is CCC1OC2(CCN(C)CC2)CC1=NO. The van der Waals surface area contributed by atoms with Gasteiger partial charge in [-0.2, -0.15) is 0 Å². The smallest absolute Gasteiger partial charge is 0.0995 e. The van der Waals surface area contributed by atoms with E-state index in [2.05, 4.69) is 24.0 Å². The standard InChI is InChI=1S/C11H20N2O2/c1-3-10-9(12-14)8-11(15-10)4-6-13(2)7-5-11/h10,14H,3-8H2,1-2H3. The Hall–Kier alpha value is -0.610. The summed E-state index contributed by atoms with van der Waals surface area (Å²) >= 11 is 0. The predicted octanol–water partition coefficient (Wildman–Crippen LogP) is 1.48. The summed E-state index contributed by atoms with van der Waals surface area (Å²) in [5, 5.41) is 12.3. The molecule has 0 saturated carbocycles. The van der Waals surface area contributed by atoms with Crippen LogP contribution in [0.4, 0.5) is 0 Å². The maximum atomic E-state index is 8.93. The van der Waals surface area contributed by atoms with Crippen LogP contribution in [0.1, 0.15) is 32.6 Å². The zero-order chi connectivity index (χ0) is 10.9. The predicted molar refractivity (Wildman–Crippen MR) is 58.5 cm³/mol. The van der Waals surface area contributed by atoms with Crippen molar-refractivity contribution < 1.29 is 9.94 Å². The van der Waals surface area contributed by atoms with Crippen molar-refractivity contribution in [3.05, 3.63) is 0 Å². The Morgan fingerprint density at radius 2 is 2.20 bits per heavy atom. The van der Waals surface area contributed by atoms with Crippen molar-refractivity contribution in [2.75, 3.05) is 20.1 Å². The number of nitrogens with zero attached hydrogens (tertiary/aromatic N) is 2. The average Bonchev–Trinajstić information content (AvgIpc) is 2.62. The summed E-state index contributed by atoms with van der Waals surface area (Å²) in [7, 11) is 2.14. The van der Waals surface area contributed by atoms with Crippen molar-refractivity contribution in [1.82, 2.24) is 4.90 Å². The van der Waals surface area contributed by atoms with Gasteiger partial charge in [0, 0.05) is 19.5 Å². The van der Waals surface area contributed by atoms with Gasteiger partial charge in [-0.1, -0.05) is 12.1 Å². The number of hydrogen-bond donors (Lipinski definition) is 1. The summed E-state index contributed by atoms with van der Waals surface area (Å²) in [6.07, 6.45) is 3.86. The number of oxime groups is 1. The molecule has 4 heteroatoms. The number of hydrogen-bond acceptors (Lipinski definition) is 4. The van der Waals surface area contributed by atoms with E-state index >= 15 is 0 Å². The maximum absolute atomic E-state index is 8.93. The Morgan fingerprint density at radius 1 is 1.53 bits per heavy atom. The van der Waals surface area contributed by atoms with Crippen LogP contribution in [-0.2, 0) is 4.74 Å². The normalized spacial score (nSPS) is 34.0. The highest BCUT2D eigenvalue weighted by molar-refractivity contribution is 5.90. The minimum atomic E-state index is -0.0330. The number of rotatable bonds is 1. The van der Waals surface area contributed by atoms with E-state index in [9.17, 15) is 0 Å². The largest absolute Gasteiger partial charge is 0.411 e. The van der Waals surface area contributed by atoms with Crippen LogP contribution >= 0.6 is 0 Å². The second-order valence-corrected chi connectivity index (χ2v) is 4.77. The molecule has 2 fully saturated rings. The molecular weight excluding hydrogens is 192 g/mol. The van der Waals surface area contributed by atoms with Gasteiger partial charge in [-0.05, 0) is 26.3 Å². The van der Waals surface area contributed by atoms with Gasteiger partial charge in [0.1, 0.15) is 0 Å². The summed E-state index contributed by atoms with van der Waals surface area (Å²) < 4.78 is 6.07. The van der Waals surface area contributed by atoms with Crippen molar-refractivity contribution in [2.45, 2.75) is 44.3 Å². The van der Waals surface area contributed by atoms with Gasteiger partial charge >= 0.3 is 0 Å². The van der Waals surface area contributed by atoms with E-state index in [0.29, 0.717) is 0 Å². The molecule has 0 aliphatic carbocycles. The second-order valence-electron chi connectivity index (χ2n) is 4.77. The van der Waals surface area contributed by atoms with E-state index < -0.39 is 0 Å².